The van der Waals surface area contributed by atoms with Gasteiger partial charge in [-0.1, -0.05) is 18.2 Å². The number of carbonyl (C=O) groups is 1. The first-order valence-corrected chi connectivity index (χ1v) is 10.5. The molecular weight excluding hydrogens is 422 g/mol. The van der Waals surface area contributed by atoms with Crippen molar-refractivity contribution in [3.8, 4) is 5.75 Å². The maximum Gasteiger partial charge on any atom is 0.296 e. The normalized spacial score (nSPS) is 10.9. The van der Waals surface area contributed by atoms with Crippen molar-refractivity contribution < 1.29 is 22.9 Å². The lowest BCUT2D eigenvalue weighted by molar-refractivity contribution is -0.384. The molecule has 160 valence electrons. The van der Waals surface area contributed by atoms with Crippen LogP contribution in [-0.4, -0.2) is 33.4 Å². The number of carbonyl (C=O) groups excluding carboxylic acids is 1. The van der Waals surface area contributed by atoms with Crippen molar-refractivity contribution in [1.29, 1.82) is 0 Å². The van der Waals surface area contributed by atoms with E-state index in [9.17, 15) is 23.3 Å². The lowest BCUT2D eigenvalue weighted by atomic mass is 10.2. The fourth-order valence-electron chi connectivity index (χ4n) is 2.80. The van der Waals surface area contributed by atoms with Gasteiger partial charge in [-0.3, -0.25) is 19.2 Å². The molecule has 0 bridgehead atoms. The summed E-state index contributed by atoms with van der Waals surface area (Å²) in [5.41, 5.74) is 0.315. The van der Waals surface area contributed by atoms with E-state index in [-0.39, 0.29) is 27.6 Å². The Kier molecular flexibility index (Phi) is 6.21. The van der Waals surface area contributed by atoms with Crippen molar-refractivity contribution in [3.63, 3.8) is 0 Å². The minimum Gasteiger partial charge on any atom is -0.496 e. The number of hydrogen-bond donors (Lipinski definition) is 1. The number of hydrogen-bond acceptors (Lipinski definition) is 6. The van der Waals surface area contributed by atoms with Crippen LogP contribution in [0.4, 0.5) is 17.1 Å². The topological polar surface area (TPSA) is 119 Å². The summed E-state index contributed by atoms with van der Waals surface area (Å²) in [4.78, 5) is 23.2. The predicted molar refractivity (Wildman–Crippen MR) is 116 cm³/mol. The molecule has 0 aromatic heterocycles. The third-order valence-electron chi connectivity index (χ3n) is 4.54. The average molecular weight is 441 g/mol. The molecule has 0 atom stereocenters. The molecule has 0 aliphatic carbocycles. The molecule has 0 aliphatic heterocycles. The first-order chi connectivity index (χ1) is 14.7. The molecule has 3 aromatic rings. The van der Waals surface area contributed by atoms with Gasteiger partial charge in [0.15, 0.2) is 0 Å². The lowest BCUT2D eigenvalue weighted by Gasteiger charge is -2.19. The summed E-state index contributed by atoms with van der Waals surface area (Å²) >= 11 is 0. The molecule has 0 unspecified atom stereocenters. The van der Waals surface area contributed by atoms with Gasteiger partial charge in [-0.15, -0.1) is 0 Å². The Hall–Kier alpha value is -3.92. The van der Waals surface area contributed by atoms with E-state index in [0.29, 0.717) is 5.69 Å². The standard InChI is InChI=1S/C21H19N3O6S/c1-23(16-6-4-3-5-7-16)31(28,29)18-11-8-15(9-12-18)21(25)22-19-13-10-17(30-2)14-20(19)24(26)27/h3-14H,1-2H3,(H,22,25). The summed E-state index contributed by atoms with van der Waals surface area (Å²) in [6.07, 6.45) is 0. The van der Waals surface area contributed by atoms with E-state index in [2.05, 4.69) is 5.32 Å². The fraction of sp³-hybridized carbons (Fsp3) is 0.0952. The smallest absolute Gasteiger partial charge is 0.296 e. The number of ether oxygens (including phenoxy) is 1. The Bertz CT molecular complexity index is 1210. The molecule has 9 nitrogen and oxygen atoms in total. The van der Waals surface area contributed by atoms with Gasteiger partial charge in [0.1, 0.15) is 11.4 Å². The highest BCUT2D eigenvalue weighted by Crippen LogP contribution is 2.29. The molecule has 0 fully saturated rings. The second-order valence-electron chi connectivity index (χ2n) is 6.43. The largest absolute Gasteiger partial charge is 0.496 e. The predicted octanol–water partition coefficient (Wildman–Crippen LogP) is 3.68. The van der Waals surface area contributed by atoms with Crippen molar-refractivity contribution in [2.45, 2.75) is 4.90 Å². The zero-order chi connectivity index (χ0) is 22.6. The molecule has 3 aromatic carbocycles. The number of nitro groups is 1. The Morgan fingerprint density at radius 2 is 1.68 bits per heavy atom. The molecule has 0 radical (unpaired) electrons. The van der Waals surface area contributed by atoms with Crippen LogP contribution in [-0.2, 0) is 10.0 Å². The third-order valence-corrected chi connectivity index (χ3v) is 6.34. The average Bonchev–Trinajstić information content (AvgIpc) is 2.79. The quantitative estimate of drug-likeness (QED) is 0.441. The molecule has 0 saturated carbocycles. The number of methoxy groups -OCH3 is 1. The third kappa shape index (κ3) is 4.64. The lowest BCUT2D eigenvalue weighted by Crippen LogP contribution is -2.26. The van der Waals surface area contributed by atoms with E-state index in [1.165, 1.54) is 56.6 Å². The Balaban J connectivity index is 1.82. The highest BCUT2D eigenvalue weighted by molar-refractivity contribution is 7.92. The van der Waals surface area contributed by atoms with Crippen LogP contribution in [0.1, 0.15) is 10.4 Å². The molecule has 0 saturated heterocycles. The maximum atomic E-state index is 12.8. The van der Waals surface area contributed by atoms with Crippen LogP contribution in [0.25, 0.3) is 0 Å². The minimum atomic E-state index is -3.82. The number of sulfonamides is 1. The van der Waals surface area contributed by atoms with Gasteiger partial charge in [-0.2, -0.15) is 0 Å². The van der Waals surface area contributed by atoms with Gasteiger partial charge < -0.3 is 10.1 Å². The van der Waals surface area contributed by atoms with Gasteiger partial charge in [-0.25, -0.2) is 8.42 Å². The monoisotopic (exact) mass is 441 g/mol. The van der Waals surface area contributed by atoms with Gasteiger partial charge in [0, 0.05) is 12.6 Å². The maximum absolute atomic E-state index is 12.8. The molecule has 0 heterocycles. The summed E-state index contributed by atoms with van der Waals surface area (Å²) in [7, 11) is -1.00. The van der Waals surface area contributed by atoms with E-state index >= 15 is 0 Å². The Morgan fingerprint density at radius 3 is 2.26 bits per heavy atom. The van der Waals surface area contributed by atoms with Gasteiger partial charge in [0.2, 0.25) is 0 Å². The first kappa shape index (κ1) is 21.8. The van der Waals surface area contributed by atoms with E-state index in [1.54, 1.807) is 30.3 Å². The van der Waals surface area contributed by atoms with Gasteiger partial charge >= 0.3 is 0 Å². The molecular formula is C21H19N3O6S. The van der Waals surface area contributed by atoms with Crippen LogP contribution in [0.5, 0.6) is 5.75 Å². The van der Waals surface area contributed by atoms with Crippen LogP contribution >= 0.6 is 0 Å². The number of anilines is 2. The number of benzene rings is 3. The molecule has 10 heteroatoms. The van der Waals surface area contributed by atoms with E-state index < -0.39 is 20.9 Å². The van der Waals surface area contributed by atoms with E-state index in [1.807, 2.05) is 0 Å². The van der Waals surface area contributed by atoms with Crippen molar-refractivity contribution in [1.82, 2.24) is 0 Å². The summed E-state index contributed by atoms with van der Waals surface area (Å²) in [6.45, 7) is 0. The van der Waals surface area contributed by atoms with Crippen LogP contribution in [0, 0.1) is 10.1 Å². The number of amides is 1. The Morgan fingerprint density at radius 1 is 1.03 bits per heavy atom. The molecule has 1 N–H and O–H groups in total. The van der Waals surface area contributed by atoms with Crippen LogP contribution in [0.15, 0.2) is 77.7 Å². The van der Waals surface area contributed by atoms with Crippen LogP contribution in [0.2, 0.25) is 0 Å². The van der Waals surface area contributed by atoms with Gasteiger partial charge in [-0.05, 0) is 48.5 Å². The van der Waals surface area contributed by atoms with Crippen molar-refractivity contribution >= 4 is 33.0 Å². The fourth-order valence-corrected chi connectivity index (χ4v) is 4.00. The molecule has 1 amide bonds. The highest BCUT2D eigenvalue weighted by atomic mass is 32.2. The number of para-hydroxylation sites is 1. The van der Waals surface area contributed by atoms with Crippen molar-refractivity contribution in [2.75, 3.05) is 23.8 Å². The van der Waals surface area contributed by atoms with Crippen LogP contribution in [0.3, 0.4) is 0 Å². The Labute approximate surface area is 179 Å². The second kappa shape index (κ2) is 8.84. The SMILES string of the molecule is COc1ccc(NC(=O)c2ccc(S(=O)(=O)N(C)c3ccccc3)cc2)c([N+](=O)[O-])c1. The van der Waals surface area contributed by atoms with Crippen molar-refractivity contribution in [3.05, 3.63) is 88.5 Å². The molecule has 0 spiro atoms. The number of nitrogens with one attached hydrogen (secondary N) is 1. The zero-order valence-electron chi connectivity index (χ0n) is 16.7. The summed E-state index contributed by atoms with van der Waals surface area (Å²) in [5.74, 6) is -0.338. The zero-order valence-corrected chi connectivity index (χ0v) is 17.5. The number of nitrogens with zero attached hydrogens (tertiary/aromatic N) is 2. The van der Waals surface area contributed by atoms with Gasteiger partial charge in [0.25, 0.3) is 21.6 Å². The van der Waals surface area contributed by atoms with Gasteiger partial charge in [0.05, 0.1) is 28.7 Å². The highest BCUT2D eigenvalue weighted by Gasteiger charge is 2.22. The second-order valence-corrected chi connectivity index (χ2v) is 8.40. The van der Waals surface area contributed by atoms with E-state index in [0.717, 1.165) is 4.31 Å². The van der Waals surface area contributed by atoms with E-state index in [4.69, 9.17) is 4.74 Å². The van der Waals surface area contributed by atoms with Crippen LogP contribution < -0.4 is 14.4 Å². The first-order valence-electron chi connectivity index (χ1n) is 9.02. The minimum absolute atomic E-state index is 0.00342. The molecule has 0 aliphatic rings. The molecule has 3 rings (SSSR count). The number of nitro benzene ring substituents is 1. The summed E-state index contributed by atoms with van der Waals surface area (Å²) in [6, 6.07) is 17.9. The number of rotatable bonds is 7. The van der Waals surface area contributed by atoms with Crippen molar-refractivity contribution in [2.24, 2.45) is 0 Å². The summed E-state index contributed by atoms with van der Waals surface area (Å²) < 4.78 is 31.8. The molecule has 31 heavy (non-hydrogen) atoms. The summed E-state index contributed by atoms with van der Waals surface area (Å²) in [5, 5.41) is 13.7.